The molecule has 0 saturated carbocycles. The monoisotopic (exact) mass is 381 g/mol. The molecule has 6 nitrogen and oxygen atoms in total. The van der Waals surface area contributed by atoms with Crippen LogP contribution in [0.3, 0.4) is 0 Å². The topological polar surface area (TPSA) is 83.1 Å². The maximum Gasteiger partial charge on any atom is 0.197 e. The minimum atomic E-state index is -0.626. The van der Waals surface area contributed by atoms with Gasteiger partial charge in [-0.25, -0.2) is 0 Å². The number of phenolic OH excluding ortho intramolecular Hbond substituents is 1. The predicted octanol–water partition coefficient (Wildman–Crippen LogP) is 3.00. The SMILES string of the molecule is O=c1cc(-c2ccccc2)oc2cc(OCC(O)CN3CCCC3)cc(O)c12. The summed E-state index contributed by atoms with van der Waals surface area (Å²) < 4.78 is 11.5. The summed E-state index contributed by atoms with van der Waals surface area (Å²) in [5, 5.41) is 20.6. The highest BCUT2D eigenvalue weighted by Crippen LogP contribution is 2.31. The molecule has 28 heavy (non-hydrogen) atoms. The molecule has 6 heteroatoms. The third-order valence-electron chi connectivity index (χ3n) is 4.95. The van der Waals surface area contributed by atoms with Crippen LogP contribution in [0.1, 0.15) is 12.8 Å². The Hall–Kier alpha value is -2.83. The Morgan fingerprint density at radius 1 is 1.11 bits per heavy atom. The first-order chi connectivity index (χ1) is 13.6. The Balaban J connectivity index is 1.57. The third-order valence-corrected chi connectivity index (χ3v) is 4.95. The van der Waals surface area contributed by atoms with E-state index in [4.69, 9.17) is 9.15 Å². The van der Waals surface area contributed by atoms with Gasteiger partial charge in [-0.2, -0.15) is 0 Å². The van der Waals surface area contributed by atoms with Crippen LogP contribution < -0.4 is 10.2 Å². The smallest absolute Gasteiger partial charge is 0.197 e. The number of rotatable bonds is 6. The van der Waals surface area contributed by atoms with E-state index < -0.39 is 6.10 Å². The summed E-state index contributed by atoms with van der Waals surface area (Å²) >= 11 is 0. The molecule has 0 radical (unpaired) electrons. The summed E-state index contributed by atoms with van der Waals surface area (Å²) in [6.07, 6.45) is 1.70. The summed E-state index contributed by atoms with van der Waals surface area (Å²) in [6, 6.07) is 13.6. The van der Waals surface area contributed by atoms with Crippen molar-refractivity contribution in [1.82, 2.24) is 4.90 Å². The number of phenols is 1. The van der Waals surface area contributed by atoms with Crippen molar-refractivity contribution < 1.29 is 19.4 Å². The molecule has 146 valence electrons. The van der Waals surface area contributed by atoms with Crippen LogP contribution in [0.15, 0.2) is 57.7 Å². The zero-order valence-corrected chi connectivity index (χ0v) is 15.5. The van der Waals surface area contributed by atoms with Gasteiger partial charge in [0, 0.05) is 30.3 Å². The van der Waals surface area contributed by atoms with Crippen molar-refractivity contribution in [1.29, 1.82) is 0 Å². The Kier molecular flexibility index (Phi) is 5.32. The number of β-amino-alcohol motifs (C(OH)–C–C–N with tert-alkyl or cyclic N) is 1. The lowest BCUT2D eigenvalue weighted by Crippen LogP contribution is -2.33. The van der Waals surface area contributed by atoms with Gasteiger partial charge in [0.05, 0.1) is 0 Å². The van der Waals surface area contributed by atoms with Gasteiger partial charge in [-0.3, -0.25) is 4.79 Å². The van der Waals surface area contributed by atoms with Gasteiger partial charge >= 0.3 is 0 Å². The first-order valence-corrected chi connectivity index (χ1v) is 9.49. The maximum atomic E-state index is 12.5. The number of benzene rings is 2. The van der Waals surface area contributed by atoms with Crippen LogP contribution in [0.5, 0.6) is 11.5 Å². The van der Waals surface area contributed by atoms with Crippen LogP contribution in [0.2, 0.25) is 0 Å². The Morgan fingerprint density at radius 3 is 2.61 bits per heavy atom. The molecule has 1 fully saturated rings. The first-order valence-electron chi connectivity index (χ1n) is 9.49. The number of fused-ring (bicyclic) bond motifs is 1. The zero-order chi connectivity index (χ0) is 19.5. The first kappa shape index (κ1) is 18.5. The molecule has 1 unspecified atom stereocenters. The highest BCUT2D eigenvalue weighted by atomic mass is 16.5. The molecule has 4 rings (SSSR count). The molecular formula is C22H23NO5. The van der Waals surface area contributed by atoms with Gasteiger partial charge in [-0.15, -0.1) is 0 Å². The van der Waals surface area contributed by atoms with Crippen molar-refractivity contribution in [3.8, 4) is 22.8 Å². The summed E-state index contributed by atoms with van der Waals surface area (Å²) in [5.74, 6) is 0.567. The van der Waals surface area contributed by atoms with E-state index >= 15 is 0 Å². The van der Waals surface area contributed by atoms with Crippen LogP contribution in [0, 0.1) is 0 Å². The number of aliphatic hydroxyl groups excluding tert-OH is 1. The standard InChI is InChI=1S/C22H23NO5/c24-16(13-23-8-4-5-9-23)14-27-17-10-18(25)22-19(26)12-20(28-21(22)11-17)15-6-2-1-3-7-15/h1-3,6-7,10-12,16,24-25H,4-5,8-9,13-14H2. The molecule has 0 amide bonds. The molecule has 2 heterocycles. The van der Waals surface area contributed by atoms with Crippen LogP contribution in [0.4, 0.5) is 0 Å². The molecule has 1 aliphatic heterocycles. The summed E-state index contributed by atoms with van der Waals surface area (Å²) in [7, 11) is 0. The van der Waals surface area contributed by atoms with Gasteiger partial charge in [0.15, 0.2) is 5.43 Å². The molecule has 0 aliphatic carbocycles. The largest absolute Gasteiger partial charge is 0.507 e. The van der Waals surface area contributed by atoms with E-state index in [1.54, 1.807) is 6.07 Å². The Bertz CT molecular complexity index is 1010. The highest BCUT2D eigenvalue weighted by molar-refractivity contribution is 5.86. The van der Waals surface area contributed by atoms with Gasteiger partial charge in [-0.1, -0.05) is 30.3 Å². The quantitative estimate of drug-likeness (QED) is 0.683. The van der Waals surface area contributed by atoms with Crippen molar-refractivity contribution in [3.05, 3.63) is 58.8 Å². The lowest BCUT2D eigenvalue weighted by molar-refractivity contribution is 0.0758. The molecule has 2 N–H and O–H groups in total. The fourth-order valence-corrected chi connectivity index (χ4v) is 3.58. The number of ether oxygens (including phenoxy) is 1. The number of nitrogens with zero attached hydrogens (tertiary/aromatic N) is 1. The van der Waals surface area contributed by atoms with Crippen LogP contribution in [0.25, 0.3) is 22.3 Å². The molecule has 3 aromatic rings. The van der Waals surface area contributed by atoms with Crippen LogP contribution in [-0.4, -0.2) is 47.5 Å². The fourth-order valence-electron chi connectivity index (χ4n) is 3.58. The van der Waals surface area contributed by atoms with Crippen LogP contribution >= 0.6 is 0 Å². The molecule has 1 aromatic heterocycles. The lowest BCUT2D eigenvalue weighted by Gasteiger charge is -2.19. The minimum Gasteiger partial charge on any atom is -0.507 e. The summed E-state index contributed by atoms with van der Waals surface area (Å²) in [5.41, 5.74) is 0.696. The van der Waals surface area contributed by atoms with E-state index in [1.165, 1.54) is 12.1 Å². The van der Waals surface area contributed by atoms with Crippen LogP contribution in [-0.2, 0) is 0 Å². The van der Waals surface area contributed by atoms with E-state index in [9.17, 15) is 15.0 Å². The Labute approximate surface area is 162 Å². The third kappa shape index (κ3) is 4.03. The zero-order valence-electron chi connectivity index (χ0n) is 15.5. The fraction of sp³-hybridized carbons (Fsp3) is 0.318. The number of hydrogen-bond donors (Lipinski definition) is 2. The van der Waals surface area contributed by atoms with Crippen molar-refractivity contribution in [2.75, 3.05) is 26.2 Å². The molecule has 0 bridgehead atoms. The number of aromatic hydroxyl groups is 1. The van der Waals surface area contributed by atoms with E-state index in [2.05, 4.69) is 4.90 Å². The van der Waals surface area contributed by atoms with E-state index in [0.717, 1.165) is 31.5 Å². The second-order valence-corrected chi connectivity index (χ2v) is 7.13. The van der Waals surface area contributed by atoms with Crippen molar-refractivity contribution in [2.24, 2.45) is 0 Å². The van der Waals surface area contributed by atoms with E-state index in [0.29, 0.717) is 18.1 Å². The van der Waals surface area contributed by atoms with Crippen molar-refractivity contribution in [3.63, 3.8) is 0 Å². The molecule has 1 saturated heterocycles. The highest BCUT2D eigenvalue weighted by Gasteiger charge is 2.17. The summed E-state index contributed by atoms with van der Waals surface area (Å²) in [4.78, 5) is 14.7. The number of aliphatic hydroxyl groups is 1. The van der Waals surface area contributed by atoms with E-state index in [1.807, 2.05) is 30.3 Å². The molecular weight excluding hydrogens is 358 g/mol. The lowest BCUT2D eigenvalue weighted by atomic mass is 10.1. The molecule has 1 atom stereocenters. The summed E-state index contributed by atoms with van der Waals surface area (Å²) in [6.45, 7) is 2.67. The molecule has 2 aromatic carbocycles. The second-order valence-electron chi connectivity index (χ2n) is 7.13. The van der Waals surface area contributed by atoms with Gasteiger partial charge in [0.1, 0.15) is 40.9 Å². The number of likely N-dealkylation sites (tertiary alicyclic amines) is 1. The number of hydrogen-bond acceptors (Lipinski definition) is 6. The van der Waals surface area contributed by atoms with Gasteiger partial charge < -0.3 is 24.3 Å². The average molecular weight is 381 g/mol. The second kappa shape index (κ2) is 8.04. The molecule has 1 aliphatic rings. The van der Waals surface area contributed by atoms with Gasteiger partial charge in [0.25, 0.3) is 0 Å². The minimum absolute atomic E-state index is 0.101. The van der Waals surface area contributed by atoms with E-state index in [-0.39, 0.29) is 28.8 Å². The normalized spacial score (nSPS) is 15.8. The van der Waals surface area contributed by atoms with Gasteiger partial charge in [0.2, 0.25) is 0 Å². The molecule has 0 spiro atoms. The van der Waals surface area contributed by atoms with Crippen molar-refractivity contribution in [2.45, 2.75) is 18.9 Å². The average Bonchev–Trinajstić information content (AvgIpc) is 3.19. The van der Waals surface area contributed by atoms with Crippen molar-refractivity contribution >= 4 is 11.0 Å². The predicted molar refractivity (Wildman–Crippen MR) is 107 cm³/mol. The maximum absolute atomic E-state index is 12.5. The Morgan fingerprint density at radius 2 is 1.86 bits per heavy atom. The van der Waals surface area contributed by atoms with Gasteiger partial charge in [-0.05, 0) is 25.9 Å².